The lowest BCUT2D eigenvalue weighted by Gasteiger charge is -2.15. The fraction of sp³-hybridized carbons (Fsp3) is 0.182. The van der Waals surface area contributed by atoms with Crippen molar-refractivity contribution in [2.45, 2.75) is 24.7 Å². The molecule has 146 valence electrons. The number of para-hydroxylation sites is 1. The maximum atomic E-state index is 12.8. The average Bonchev–Trinajstić information content (AvgIpc) is 2.69. The molecule has 0 aliphatic heterocycles. The lowest BCUT2D eigenvalue weighted by Crippen LogP contribution is -2.13. The minimum Gasteiger partial charge on any atom is -0.496 e. The van der Waals surface area contributed by atoms with E-state index in [1.165, 1.54) is 0 Å². The smallest absolute Gasteiger partial charge is 0.261 e. The molecule has 6 heteroatoms. The quantitative estimate of drug-likeness (QED) is 0.579. The number of nitrogens with one attached hydrogen (secondary N) is 1. The van der Waals surface area contributed by atoms with E-state index < -0.39 is 10.0 Å². The Kier molecular flexibility index (Phi) is 5.90. The van der Waals surface area contributed by atoms with Gasteiger partial charge in [0, 0.05) is 5.69 Å². The largest absolute Gasteiger partial charge is 0.496 e. The van der Waals surface area contributed by atoms with Crippen LogP contribution in [-0.4, -0.2) is 15.5 Å². The zero-order chi connectivity index (χ0) is 20.1. The van der Waals surface area contributed by atoms with Gasteiger partial charge in [0.2, 0.25) is 0 Å². The molecule has 0 bridgehead atoms. The summed E-state index contributed by atoms with van der Waals surface area (Å²) in [7, 11) is -2.14. The Morgan fingerprint density at radius 2 is 1.50 bits per heavy atom. The first-order valence-corrected chi connectivity index (χ1v) is 10.4. The van der Waals surface area contributed by atoms with E-state index in [2.05, 4.69) is 4.72 Å². The topological polar surface area (TPSA) is 64.6 Å². The summed E-state index contributed by atoms with van der Waals surface area (Å²) in [6, 6.07) is 21.0. The second kappa shape index (κ2) is 8.35. The molecule has 0 spiro atoms. The van der Waals surface area contributed by atoms with Crippen LogP contribution in [0.5, 0.6) is 17.2 Å². The highest BCUT2D eigenvalue weighted by Gasteiger charge is 2.18. The molecule has 0 heterocycles. The second-order valence-corrected chi connectivity index (χ2v) is 8.29. The van der Waals surface area contributed by atoms with E-state index in [0.717, 1.165) is 11.3 Å². The van der Waals surface area contributed by atoms with Crippen LogP contribution < -0.4 is 14.2 Å². The number of anilines is 1. The minimum atomic E-state index is -3.71. The lowest BCUT2D eigenvalue weighted by molar-refractivity contribution is 0.407. The fourth-order valence-corrected chi connectivity index (χ4v) is 3.85. The van der Waals surface area contributed by atoms with E-state index in [9.17, 15) is 8.42 Å². The van der Waals surface area contributed by atoms with E-state index in [4.69, 9.17) is 9.47 Å². The molecule has 1 N–H and O–H groups in total. The van der Waals surface area contributed by atoms with Crippen molar-refractivity contribution >= 4 is 15.7 Å². The number of benzene rings is 3. The fourth-order valence-electron chi connectivity index (χ4n) is 2.76. The first kappa shape index (κ1) is 19.8. The standard InChI is InChI=1S/C22H23NO4S/c1-16(2)21-15-20(13-14-22(21)26-3)28(24,25)23-17-9-11-19(12-10-17)27-18-7-5-4-6-8-18/h4-16,23H,1-3H3. The third-order valence-electron chi connectivity index (χ3n) is 4.22. The monoisotopic (exact) mass is 397 g/mol. The average molecular weight is 397 g/mol. The molecule has 0 amide bonds. The second-order valence-electron chi connectivity index (χ2n) is 6.60. The molecule has 3 rings (SSSR count). The molecule has 3 aromatic carbocycles. The summed E-state index contributed by atoms with van der Waals surface area (Å²) in [4.78, 5) is 0.196. The van der Waals surface area contributed by atoms with Gasteiger partial charge in [-0.05, 0) is 66.1 Å². The van der Waals surface area contributed by atoms with Gasteiger partial charge in [0.25, 0.3) is 10.0 Å². The predicted molar refractivity (Wildman–Crippen MR) is 111 cm³/mol. The van der Waals surface area contributed by atoms with Gasteiger partial charge in [0.05, 0.1) is 12.0 Å². The van der Waals surface area contributed by atoms with E-state index in [0.29, 0.717) is 17.2 Å². The molecule has 0 aliphatic carbocycles. The zero-order valence-electron chi connectivity index (χ0n) is 16.0. The van der Waals surface area contributed by atoms with Crippen LogP contribution in [0, 0.1) is 0 Å². The van der Waals surface area contributed by atoms with Crippen molar-refractivity contribution in [1.82, 2.24) is 0 Å². The molecule has 0 fully saturated rings. The molecule has 0 radical (unpaired) electrons. The van der Waals surface area contributed by atoms with Crippen molar-refractivity contribution in [3.05, 3.63) is 78.4 Å². The maximum absolute atomic E-state index is 12.8. The first-order valence-electron chi connectivity index (χ1n) is 8.93. The number of rotatable bonds is 7. The summed E-state index contributed by atoms with van der Waals surface area (Å²) in [5, 5.41) is 0. The van der Waals surface area contributed by atoms with Crippen LogP contribution in [0.15, 0.2) is 77.7 Å². The Morgan fingerprint density at radius 3 is 2.11 bits per heavy atom. The van der Waals surface area contributed by atoms with Gasteiger partial charge in [-0.1, -0.05) is 32.0 Å². The Hall–Kier alpha value is -2.99. The SMILES string of the molecule is COc1ccc(S(=O)(=O)Nc2ccc(Oc3ccccc3)cc2)cc1C(C)C. The van der Waals surface area contributed by atoms with Gasteiger partial charge in [-0.2, -0.15) is 0 Å². The Balaban J connectivity index is 1.78. The zero-order valence-corrected chi connectivity index (χ0v) is 16.9. The van der Waals surface area contributed by atoms with Gasteiger partial charge in [-0.3, -0.25) is 4.72 Å². The van der Waals surface area contributed by atoms with Crippen molar-refractivity contribution in [2.24, 2.45) is 0 Å². The molecule has 0 saturated carbocycles. The predicted octanol–water partition coefficient (Wildman–Crippen LogP) is 5.41. The summed E-state index contributed by atoms with van der Waals surface area (Å²) in [5.41, 5.74) is 1.30. The van der Waals surface area contributed by atoms with Gasteiger partial charge < -0.3 is 9.47 Å². The van der Waals surface area contributed by atoms with E-state index in [1.807, 2.05) is 44.2 Å². The molecule has 28 heavy (non-hydrogen) atoms. The molecule has 0 saturated heterocycles. The summed E-state index contributed by atoms with van der Waals surface area (Å²) in [5.74, 6) is 2.16. The molecule has 5 nitrogen and oxygen atoms in total. The number of methoxy groups -OCH3 is 1. The van der Waals surface area contributed by atoms with Crippen LogP contribution >= 0.6 is 0 Å². The van der Waals surface area contributed by atoms with Crippen LogP contribution in [-0.2, 0) is 10.0 Å². The van der Waals surface area contributed by atoms with Crippen LogP contribution in [0.3, 0.4) is 0 Å². The lowest BCUT2D eigenvalue weighted by atomic mass is 10.0. The van der Waals surface area contributed by atoms with Crippen molar-refractivity contribution in [3.63, 3.8) is 0 Å². The molecule has 0 aromatic heterocycles. The van der Waals surface area contributed by atoms with Crippen LogP contribution in [0.2, 0.25) is 0 Å². The maximum Gasteiger partial charge on any atom is 0.261 e. The van der Waals surface area contributed by atoms with E-state index in [1.54, 1.807) is 49.6 Å². The summed E-state index contributed by atoms with van der Waals surface area (Å²) in [6.45, 7) is 3.99. The van der Waals surface area contributed by atoms with Gasteiger partial charge >= 0.3 is 0 Å². The number of hydrogen-bond donors (Lipinski definition) is 1. The Morgan fingerprint density at radius 1 is 0.857 bits per heavy atom. The molecule has 0 aliphatic rings. The molecule has 0 atom stereocenters. The normalized spacial score (nSPS) is 11.3. The molecular weight excluding hydrogens is 374 g/mol. The first-order chi connectivity index (χ1) is 13.4. The van der Waals surface area contributed by atoms with Crippen LogP contribution in [0.1, 0.15) is 25.3 Å². The van der Waals surface area contributed by atoms with Crippen molar-refractivity contribution in [2.75, 3.05) is 11.8 Å². The summed E-state index contributed by atoms with van der Waals surface area (Å²) >= 11 is 0. The van der Waals surface area contributed by atoms with Crippen molar-refractivity contribution in [1.29, 1.82) is 0 Å². The van der Waals surface area contributed by atoms with Crippen LogP contribution in [0.4, 0.5) is 5.69 Å². The van der Waals surface area contributed by atoms with Crippen molar-refractivity contribution < 1.29 is 17.9 Å². The van der Waals surface area contributed by atoms with Gasteiger partial charge in [-0.15, -0.1) is 0 Å². The molecule has 3 aromatic rings. The number of sulfonamides is 1. The number of hydrogen-bond acceptors (Lipinski definition) is 4. The minimum absolute atomic E-state index is 0.138. The molecule has 0 unspecified atom stereocenters. The van der Waals surface area contributed by atoms with E-state index >= 15 is 0 Å². The highest BCUT2D eigenvalue weighted by Crippen LogP contribution is 2.30. The van der Waals surface area contributed by atoms with E-state index in [-0.39, 0.29) is 10.8 Å². The Bertz CT molecular complexity index is 1030. The van der Waals surface area contributed by atoms with Gasteiger partial charge in [0.1, 0.15) is 17.2 Å². The Labute approximate surface area is 166 Å². The highest BCUT2D eigenvalue weighted by atomic mass is 32.2. The highest BCUT2D eigenvalue weighted by molar-refractivity contribution is 7.92. The third-order valence-corrected chi connectivity index (χ3v) is 5.60. The van der Waals surface area contributed by atoms with Gasteiger partial charge in [0.15, 0.2) is 0 Å². The number of ether oxygens (including phenoxy) is 2. The van der Waals surface area contributed by atoms with Crippen molar-refractivity contribution in [3.8, 4) is 17.2 Å². The molecular formula is C22H23NO4S. The third kappa shape index (κ3) is 4.64. The summed E-state index contributed by atoms with van der Waals surface area (Å²) < 4.78 is 39.2. The summed E-state index contributed by atoms with van der Waals surface area (Å²) in [6.07, 6.45) is 0. The van der Waals surface area contributed by atoms with Crippen LogP contribution in [0.25, 0.3) is 0 Å². The van der Waals surface area contributed by atoms with Gasteiger partial charge in [-0.25, -0.2) is 8.42 Å².